The predicted octanol–water partition coefficient (Wildman–Crippen LogP) is 3.27. The lowest BCUT2D eigenvalue weighted by molar-refractivity contribution is -0.152. The number of carbonyl (C=O) groups is 1. The largest absolute Gasteiger partial charge is 0.490 e. The lowest BCUT2D eigenvalue weighted by atomic mass is 9.83. The Kier molecular flexibility index (Phi) is 4.12. The molecule has 0 amide bonds. The summed E-state index contributed by atoms with van der Waals surface area (Å²) >= 11 is 0. The summed E-state index contributed by atoms with van der Waals surface area (Å²) in [5.74, 6) is 0.109. The average molecular weight is 278 g/mol. The van der Waals surface area contributed by atoms with Crippen LogP contribution in [0.5, 0.6) is 5.75 Å². The first-order chi connectivity index (χ1) is 9.48. The highest BCUT2D eigenvalue weighted by molar-refractivity contribution is 5.78. The molecule has 1 heterocycles. The average Bonchev–Trinajstić information content (AvgIpc) is 2.79. The topological polar surface area (TPSA) is 35.5 Å². The highest BCUT2D eigenvalue weighted by Gasteiger charge is 2.37. The van der Waals surface area contributed by atoms with Crippen LogP contribution in [0.1, 0.15) is 25.8 Å². The summed E-state index contributed by atoms with van der Waals surface area (Å²) in [6, 6.07) is 4.48. The molecule has 0 spiro atoms. The molecule has 2 atom stereocenters. The summed E-state index contributed by atoms with van der Waals surface area (Å²) in [6.45, 7) is 7.61. The van der Waals surface area contributed by atoms with Crippen LogP contribution in [0.2, 0.25) is 0 Å². The molecule has 108 valence electrons. The second-order valence-corrected chi connectivity index (χ2v) is 5.24. The Balaban J connectivity index is 2.08. The molecule has 0 radical (unpaired) electrons. The molecule has 0 aliphatic carbocycles. The van der Waals surface area contributed by atoms with Crippen LogP contribution in [-0.2, 0) is 16.0 Å². The van der Waals surface area contributed by atoms with Crippen LogP contribution in [0.3, 0.4) is 0 Å². The zero-order valence-electron chi connectivity index (χ0n) is 11.8. The van der Waals surface area contributed by atoms with Crippen molar-refractivity contribution >= 4 is 5.97 Å². The van der Waals surface area contributed by atoms with Gasteiger partial charge in [-0.1, -0.05) is 6.08 Å². The summed E-state index contributed by atoms with van der Waals surface area (Å²) in [6.07, 6.45) is 2.48. The minimum Gasteiger partial charge on any atom is -0.490 e. The van der Waals surface area contributed by atoms with E-state index in [9.17, 15) is 9.18 Å². The third-order valence-corrected chi connectivity index (χ3v) is 3.61. The second-order valence-electron chi connectivity index (χ2n) is 5.24. The van der Waals surface area contributed by atoms with Crippen molar-refractivity contribution in [3.63, 3.8) is 0 Å². The molecular weight excluding hydrogens is 259 g/mol. The van der Waals surface area contributed by atoms with Gasteiger partial charge in [-0.25, -0.2) is 4.39 Å². The molecular formula is C16H19FO3. The number of hydrogen-bond donors (Lipinski definition) is 0. The molecule has 20 heavy (non-hydrogen) atoms. The quantitative estimate of drug-likeness (QED) is 0.612. The monoisotopic (exact) mass is 278 g/mol. The molecule has 0 saturated heterocycles. The molecule has 4 heteroatoms. The van der Waals surface area contributed by atoms with Crippen molar-refractivity contribution in [2.45, 2.75) is 32.8 Å². The predicted molar refractivity (Wildman–Crippen MR) is 74.1 cm³/mol. The molecule has 1 aliphatic heterocycles. The number of fused-ring (bicyclic) bond motifs is 1. The van der Waals surface area contributed by atoms with E-state index in [1.165, 1.54) is 12.1 Å². The number of hydrogen-bond acceptors (Lipinski definition) is 3. The number of halogens is 1. The van der Waals surface area contributed by atoms with Crippen LogP contribution in [0, 0.1) is 11.2 Å². The van der Waals surface area contributed by atoms with E-state index in [4.69, 9.17) is 9.47 Å². The van der Waals surface area contributed by atoms with E-state index in [0.717, 1.165) is 5.56 Å². The molecule has 1 aromatic carbocycles. The highest BCUT2D eigenvalue weighted by atomic mass is 19.1. The third kappa shape index (κ3) is 2.84. The van der Waals surface area contributed by atoms with Crippen LogP contribution in [0.25, 0.3) is 0 Å². The number of benzene rings is 1. The summed E-state index contributed by atoms with van der Waals surface area (Å²) in [5, 5.41) is 0. The molecule has 3 nitrogen and oxygen atoms in total. The van der Waals surface area contributed by atoms with Crippen LogP contribution in [-0.4, -0.2) is 18.7 Å². The van der Waals surface area contributed by atoms with E-state index in [0.29, 0.717) is 25.2 Å². The number of ether oxygens (including phenoxy) is 2. The molecule has 0 aromatic heterocycles. The van der Waals surface area contributed by atoms with Crippen molar-refractivity contribution in [1.29, 1.82) is 0 Å². The first-order valence-corrected chi connectivity index (χ1v) is 6.74. The molecule has 2 rings (SSSR count). The first-order valence-electron chi connectivity index (χ1n) is 6.74. The second kappa shape index (κ2) is 5.65. The van der Waals surface area contributed by atoms with E-state index in [2.05, 4.69) is 6.58 Å². The summed E-state index contributed by atoms with van der Waals surface area (Å²) in [4.78, 5) is 12.0. The Morgan fingerprint density at radius 1 is 1.65 bits per heavy atom. The number of rotatable bonds is 5. The maximum atomic E-state index is 13.2. The molecule has 1 aromatic rings. The van der Waals surface area contributed by atoms with E-state index < -0.39 is 5.41 Å². The fraction of sp³-hybridized carbons (Fsp3) is 0.438. The molecule has 0 bridgehead atoms. The fourth-order valence-electron chi connectivity index (χ4n) is 2.42. The van der Waals surface area contributed by atoms with Gasteiger partial charge in [-0.15, -0.1) is 6.58 Å². The number of esters is 1. The normalized spacial score (nSPS) is 19.6. The van der Waals surface area contributed by atoms with Gasteiger partial charge >= 0.3 is 5.97 Å². The zero-order chi connectivity index (χ0) is 14.8. The van der Waals surface area contributed by atoms with Crippen molar-refractivity contribution in [1.82, 2.24) is 0 Å². The Hall–Kier alpha value is -1.84. The third-order valence-electron chi connectivity index (χ3n) is 3.61. The van der Waals surface area contributed by atoms with E-state index in [1.54, 1.807) is 26.0 Å². The zero-order valence-corrected chi connectivity index (χ0v) is 11.8. The lowest BCUT2D eigenvalue weighted by Crippen LogP contribution is -2.33. The van der Waals surface area contributed by atoms with Gasteiger partial charge in [0.05, 0.1) is 12.0 Å². The summed E-state index contributed by atoms with van der Waals surface area (Å²) < 4.78 is 24.0. The fourth-order valence-corrected chi connectivity index (χ4v) is 2.42. The summed E-state index contributed by atoms with van der Waals surface area (Å²) in [5.41, 5.74) is 0.0478. The van der Waals surface area contributed by atoms with Crippen molar-refractivity contribution in [2.75, 3.05) is 6.61 Å². The smallest absolute Gasteiger partial charge is 0.315 e. The van der Waals surface area contributed by atoms with Gasteiger partial charge in [0.2, 0.25) is 0 Å². The Labute approximate surface area is 118 Å². The first kappa shape index (κ1) is 14.6. The Morgan fingerprint density at radius 3 is 3.05 bits per heavy atom. The number of carbonyl (C=O) groups excluding carboxylic acids is 1. The minimum atomic E-state index is -0.790. The van der Waals surface area contributed by atoms with Gasteiger partial charge in [0.1, 0.15) is 17.7 Å². The van der Waals surface area contributed by atoms with Crippen molar-refractivity contribution < 1.29 is 18.7 Å². The Morgan fingerprint density at radius 2 is 2.40 bits per heavy atom. The van der Waals surface area contributed by atoms with Gasteiger partial charge < -0.3 is 9.47 Å². The highest BCUT2D eigenvalue weighted by Crippen LogP contribution is 2.36. The SMILES string of the molecule is C=CC(C)(CC1Cc2cc(F)ccc2O1)C(=O)OCC. The van der Waals surface area contributed by atoms with Gasteiger partial charge in [0, 0.05) is 18.4 Å². The van der Waals surface area contributed by atoms with Crippen LogP contribution >= 0.6 is 0 Å². The van der Waals surface area contributed by atoms with E-state index >= 15 is 0 Å². The molecule has 0 saturated carbocycles. The molecule has 2 unspecified atom stereocenters. The molecule has 0 N–H and O–H groups in total. The molecule has 0 fully saturated rings. The van der Waals surface area contributed by atoms with Crippen molar-refractivity contribution in [2.24, 2.45) is 5.41 Å². The van der Waals surface area contributed by atoms with Gasteiger partial charge in [-0.05, 0) is 32.0 Å². The molecule has 1 aliphatic rings. The van der Waals surface area contributed by atoms with Gasteiger partial charge in [-0.3, -0.25) is 4.79 Å². The van der Waals surface area contributed by atoms with Crippen LogP contribution in [0.15, 0.2) is 30.9 Å². The minimum absolute atomic E-state index is 0.167. The van der Waals surface area contributed by atoms with Gasteiger partial charge in [0.25, 0.3) is 0 Å². The van der Waals surface area contributed by atoms with Crippen molar-refractivity contribution in [3.8, 4) is 5.75 Å². The van der Waals surface area contributed by atoms with Crippen LogP contribution < -0.4 is 4.74 Å². The maximum Gasteiger partial charge on any atom is 0.315 e. The van der Waals surface area contributed by atoms with Crippen molar-refractivity contribution in [3.05, 3.63) is 42.2 Å². The standard InChI is InChI=1S/C16H19FO3/c1-4-16(3,15(18)19-5-2)10-13-9-11-8-12(17)6-7-14(11)20-13/h4,6-8,13H,1,5,9-10H2,2-3H3. The summed E-state index contributed by atoms with van der Waals surface area (Å²) in [7, 11) is 0. The lowest BCUT2D eigenvalue weighted by Gasteiger charge is -2.26. The van der Waals surface area contributed by atoms with E-state index in [-0.39, 0.29) is 17.9 Å². The maximum absolute atomic E-state index is 13.2. The van der Waals surface area contributed by atoms with Gasteiger partial charge in [-0.2, -0.15) is 0 Å². The van der Waals surface area contributed by atoms with E-state index in [1.807, 2.05) is 0 Å². The van der Waals surface area contributed by atoms with Crippen LogP contribution in [0.4, 0.5) is 4.39 Å². The Bertz CT molecular complexity index is 526. The van der Waals surface area contributed by atoms with Gasteiger partial charge in [0.15, 0.2) is 0 Å².